The molecule has 0 spiro atoms. The van der Waals surface area contributed by atoms with Gasteiger partial charge >= 0.3 is 0 Å². The fourth-order valence-corrected chi connectivity index (χ4v) is 2.90. The van der Waals surface area contributed by atoms with Gasteiger partial charge in [-0.15, -0.1) is 0 Å². The minimum absolute atomic E-state index is 0.00804. The van der Waals surface area contributed by atoms with E-state index < -0.39 is 0 Å². The number of para-hydroxylation sites is 1. The van der Waals surface area contributed by atoms with E-state index in [9.17, 15) is 4.79 Å². The number of carbonyl (C=O) groups excluding carboxylic acids is 1. The molecule has 0 bridgehead atoms. The zero-order valence-corrected chi connectivity index (χ0v) is 14.4. The average molecular weight is 349 g/mol. The smallest absolute Gasteiger partial charge is 0.274 e. The van der Waals surface area contributed by atoms with Crippen LogP contribution in [0.25, 0.3) is 0 Å². The molecule has 1 aliphatic rings. The second-order valence-electron chi connectivity index (χ2n) is 5.85. The monoisotopic (exact) mass is 348 g/mol. The first-order valence-corrected chi connectivity index (χ1v) is 8.42. The summed E-state index contributed by atoms with van der Waals surface area (Å²) in [7, 11) is 0. The number of nitrogens with zero attached hydrogens (tertiary/aromatic N) is 3. The molecule has 0 atom stereocenters. The molecule has 24 heavy (non-hydrogen) atoms. The van der Waals surface area contributed by atoms with Gasteiger partial charge in [-0.25, -0.2) is 0 Å². The lowest BCUT2D eigenvalue weighted by molar-refractivity contribution is 0.0614. The maximum Gasteiger partial charge on any atom is 0.274 e. The van der Waals surface area contributed by atoms with E-state index in [1.54, 1.807) is 6.07 Å². The fraction of sp³-hybridized carbons (Fsp3) is 0.412. The van der Waals surface area contributed by atoms with Gasteiger partial charge in [0.1, 0.15) is 18.1 Å². The van der Waals surface area contributed by atoms with Crippen molar-refractivity contribution in [3.05, 3.63) is 46.7 Å². The van der Waals surface area contributed by atoms with Crippen LogP contribution in [0.1, 0.15) is 16.2 Å². The van der Waals surface area contributed by atoms with Crippen molar-refractivity contribution < 1.29 is 9.53 Å². The molecule has 0 saturated carbocycles. The molecule has 0 aliphatic carbocycles. The zero-order valence-electron chi connectivity index (χ0n) is 13.7. The van der Waals surface area contributed by atoms with Gasteiger partial charge in [-0.05, 0) is 25.1 Å². The number of aryl methyl sites for hydroxylation is 1. The largest absolute Gasteiger partial charge is 0.491 e. The van der Waals surface area contributed by atoms with Crippen LogP contribution in [-0.4, -0.2) is 65.2 Å². The maximum atomic E-state index is 12.3. The Morgan fingerprint density at radius 3 is 2.71 bits per heavy atom. The van der Waals surface area contributed by atoms with E-state index >= 15 is 0 Å². The van der Waals surface area contributed by atoms with Gasteiger partial charge in [0.2, 0.25) is 0 Å². The molecule has 1 aliphatic heterocycles. The number of carbonyl (C=O) groups is 1. The van der Waals surface area contributed by atoms with Crippen molar-refractivity contribution in [1.82, 2.24) is 20.0 Å². The number of aromatic amines is 1. The highest BCUT2D eigenvalue weighted by Crippen LogP contribution is 2.22. The van der Waals surface area contributed by atoms with Gasteiger partial charge in [0.25, 0.3) is 5.91 Å². The van der Waals surface area contributed by atoms with Crippen molar-refractivity contribution in [3.63, 3.8) is 0 Å². The van der Waals surface area contributed by atoms with Gasteiger partial charge in [0, 0.05) is 38.4 Å². The third-order valence-corrected chi connectivity index (χ3v) is 4.40. The minimum Gasteiger partial charge on any atom is -0.491 e. The first kappa shape index (κ1) is 16.8. The van der Waals surface area contributed by atoms with Crippen LogP contribution >= 0.6 is 11.6 Å². The zero-order chi connectivity index (χ0) is 16.9. The summed E-state index contributed by atoms with van der Waals surface area (Å²) in [5.74, 6) is 0.702. The number of halogens is 1. The van der Waals surface area contributed by atoms with E-state index in [1.807, 2.05) is 36.1 Å². The molecule has 128 valence electrons. The third kappa shape index (κ3) is 4.07. The molecule has 1 aromatic carbocycles. The van der Waals surface area contributed by atoms with Gasteiger partial charge in [-0.2, -0.15) is 5.10 Å². The average Bonchev–Trinajstić information content (AvgIpc) is 3.03. The van der Waals surface area contributed by atoms with Crippen molar-refractivity contribution in [2.75, 3.05) is 39.3 Å². The van der Waals surface area contributed by atoms with Crippen molar-refractivity contribution >= 4 is 17.5 Å². The summed E-state index contributed by atoms with van der Waals surface area (Å²) in [6, 6.07) is 9.25. The number of benzene rings is 1. The normalized spacial score (nSPS) is 15.5. The highest BCUT2D eigenvalue weighted by molar-refractivity contribution is 6.32. The molecular formula is C17H21ClN4O2. The number of hydrogen-bond acceptors (Lipinski definition) is 4. The molecule has 1 N–H and O–H groups in total. The lowest BCUT2D eigenvalue weighted by Gasteiger charge is -2.34. The molecule has 2 heterocycles. The van der Waals surface area contributed by atoms with Crippen LogP contribution in [0.4, 0.5) is 0 Å². The van der Waals surface area contributed by atoms with Gasteiger partial charge in [0.15, 0.2) is 0 Å². The van der Waals surface area contributed by atoms with Crippen molar-refractivity contribution in [3.8, 4) is 5.75 Å². The third-order valence-electron chi connectivity index (χ3n) is 4.09. The van der Waals surface area contributed by atoms with Crippen LogP contribution in [0.15, 0.2) is 30.3 Å². The number of nitrogens with one attached hydrogen (secondary N) is 1. The lowest BCUT2D eigenvalue weighted by Crippen LogP contribution is -2.49. The Morgan fingerprint density at radius 2 is 2.04 bits per heavy atom. The summed E-state index contributed by atoms with van der Waals surface area (Å²) >= 11 is 6.07. The Labute approximate surface area is 146 Å². The molecular weight excluding hydrogens is 328 g/mol. The quantitative estimate of drug-likeness (QED) is 0.900. The van der Waals surface area contributed by atoms with Gasteiger partial charge < -0.3 is 9.64 Å². The number of aromatic nitrogens is 2. The number of hydrogen-bond donors (Lipinski definition) is 1. The van der Waals surface area contributed by atoms with E-state index in [0.717, 1.165) is 25.3 Å². The van der Waals surface area contributed by atoms with Gasteiger partial charge in [0.05, 0.1) is 5.02 Å². The van der Waals surface area contributed by atoms with Crippen LogP contribution in [-0.2, 0) is 0 Å². The summed E-state index contributed by atoms with van der Waals surface area (Å²) in [5.41, 5.74) is 1.39. The predicted octanol–water partition coefficient (Wildman–Crippen LogP) is 2.21. The Bertz CT molecular complexity index is 695. The summed E-state index contributed by atoms with van der Waals surface area (Å²) in [6.07, 6.45) is 0. The first-order chi connectivity index (χ1) is 11.6. The number of ether oxygens (including phenoxy) is 1. The van der Waals surface area contributed by atoms with Crippen LogP contribution in [0.5, 0.6) is 5.75 Å². The summed E-state index contributed by atoms with van der Waals surface area (Å²) in [5, 5.41) is 7.48. The second kappa shape index (κ2) is 7.68. The number of amides is 1. The molecule has 3 rings (SSSR count). The van der Waals surface area contributed by atoms with Crippen LogP contribution < -0.4 is 4.74 Å². The van der Waals surface area contributed by atoms with Crippen LogP contribution in [0.2, 0.25) is 5.02 Å². The lowest BCUT2D eigenvalue weighted by atomic mass is 10.2. The van der Waals surface area contributed by atoms with Crippen molar-refractivity contribution in [1.29, 1.82) is 0 Å². The first-order valence-electron chi connectivity index (χ1n) is 8.04. The molecule has 7 heteroatoms. The summed E-state index contributed by atoms with van der Waals surface area (Å²) < 4.78 is 5.72. The molecule has 0 radical (unpaired) electrons. The summed E-state index contributed by atoms with van der Waals surface area (Å²) in [6.45, 7) is 6.36. The van der Waals surface area contributed by atoms with Gasteiger partial charge in [-0.1, -0.05) is 23.7 Å². The molecule has 0 unspecified atom stereocenters. The Hall–Kier alpha value is -2.05. The predicted molar refractivity (Wildman–Crippen MR) is 92.6 cm³/mol. The minimum atomic E-state index is -0.00804. The Kier molecular flexibility index (Phi) is 5.37. The number of rotatable bonds is 5. The maximum absolute atomic E-state index is 12.3. The van der Waals surface area contributed by atoms with Crippen molar-refractivity contribution in [2.45, 2.75) is 6.92 Å². The molecule has 1 fully saturated rings. The Balaban J connectivity index is 1.42. The topological polar surface area (TPSA) is 61.5 Å². The van der Waals surface area contributed by atoms with E-state index in [0.29, 0.717) is 36.2 Å². The van der Waals surface area contributed by atoms with E-state index in [2.05, 4.69) is 15.1 Å². The van der Waals surface area contributed by atoms with E-state index in [4.69, 9.17) is 16.3 Å². The highest BCUT2D eigenvalue weighted by Gasteiger charge is 2.23. The molecule has 2 aromatic rings. The van der Waals surface area contributed by atoms with Crippen LogP contribution in [0.3, 0.4) is 0 Å². The molecule has 1 aromatic heterocycles. The summed E-state index contributed by atoms with van der Waals surface area (Å²) in [4.78, 5) is 16.5. The van der Waals surface area contributed by atoms with Crippen LogP contribution in [0, 0.1) is 6.92 Å². The number of H-pyrrole nitrogens is 1. The molecule has 1 saturated heterocycles. The number of piperazine rings is 1. The van der Waals surface area contributed by atoms with E-state index in [1.165, 1.54) is 0 Å². The Morgan fingerprint density at radius 1 is 1.29 bits per heavy atom. The standard InChI is InChI=1S/C17H21ClN4O2/c1-13-12-15(20-19-13)17(23)22-8-6-21(7-9-22)10-11-24-16-5-3-2-4-14(16)18/h2-5,12H,6-11H2,1H3,(H,19,20). The van der Waals surface area contributed by atoms with E-state index in [-0.39, 0.29) is 5.91 Å². The van der Waals surface area contributed by atoms with Crippen molar-refractivity contribution in [2.24, 2.45) is 0 Å². The SMILES string of the molecule is Cc1cc(C(=O)N2CCN(CCOc3ccccc3Cl)CC2)n[nH]1. The molecule has 6 nitrogen and oxygen atoms in total. The van der Waals surface area contributed by atoms with Gasteiger partial charge in [-0.3, -0.25) is 14.8 Å². The highest BCUT2D eigenvalue weighted by atomic mass is 35.5. The second-order valence-corrected chi connectivity index (χ2v) is 6.26. The molecule has 1 amide bonds. The fourth-order valence-electron chi connectivity index (χ4n) is 2.71.